The van der Waals surface area contributed by atoms with Crippen LogP contribution in [0.25, 0.3) is 71.0 Å². The number of furan rings is 1. The van der Waals surface area contributed by atoms with Crippen LogP contribution in [0.2, 0.25) is 0 Å². The van der Waals surface area contributed by atoms with Crippen molar-refractivity contribution in [3.8, 4) is 5.69 Å². The number of hydrogen-bond donors (Lipinski definition) is 0. The Labute approximate surface area is 305 Å². The SMILES string of the molecule is CN1C(c2ccc3c(c2)oc2ccc(-n4c5ccc6ccccc6c5c5ccc6ccccc6c54)cc23)=NC(c2ccccc2)=NC1c1ccccc1. The molecule has 8 aromatic carbocycles. The van der Waals surface area contributed by atoms with Crippen molar-refractivity contribution in [1.29, 1.82) is 0 Å². The standard InChI is InChI=1S/C48H32N4O/c1-51-47(33-16-6-3-7-17-33)49-46(32-14-4-2-5-15-32)50-48(51)34-21-24-38-40-29-35(23-27-42(40)53-43(38)28-34)52-41-26-22-30-12-8-10-18-36(30)44(41)39-25-20-31-13-9-11-19-37(31)45(39)52/h2-29,47H,1H3. The Hall–Kier alpha value is -6.98. The molecule has 0 aliphatic carbocycles. The second-order valence-electron chi connectivity index (χ2n) is 13.8. The fraction of sp³-hybridized carbons (Fsp3) is 0.0417. The van der Waals surface area contributed by atoms with Gasteiger partial charge in [0.05, 0.1) is 11.0 Å². The molecule has 10 aromatic rings. The maximum Gasteiger partial charge on any atom is 0.159 e. The maximum absolute atomic E-state index is 6.60. The largest absolute Gasteiger partial charge is 0.456 e. The highest BCUT2D eigenvalue weighted by molar-refractivity contribution is 6.26. The van der Waals surface area contributed by atoms with Crippen molar-refractivity contribution < 1.29 is 4.42 Å². The van der Waals surface area contributed by atoms with Crippen LogP contribution in [0.15, 0.2) is 184 Å². The molecule has 3 heterocycles. The Morgan fingerprint density at radius 3 is 2.06 bits per heavy atom. The average Bonchev–Trinajstić information content (AvgIpc) is 3.77. The summed E-state index contributed by atoms with van der Waals surface area (Å²) < 4.78 is 9.04. The molecule has 250 valence electrons. The van der Waals surface area contributed by atoms with E-state index in [-0.39, 0.29) is 6.17 Å². The minimum atomic E-state index is -0.216. The number of benzene rings is 8. The van der Waals surface area contributed by atoms with Crippen molar-refractivity contribution in [2.45, 2.75) is 6.17 Å². The van der Waals surface area contributed by atoms with Gasteiger partial charge in [-0.25, -0.2) is 9.98 Å². The third-order valence-electron chi connectivity index (χ3n) is 10.8. The van der Waals surface area contributed by atoms with Gasteiger partial charge in [-0.2, -0.15) is 0 Å². The summed E-state index contributed by atoms with van der Waals surface area (Å²) in [4.78, 5) is 12.4. The third-order valence-corrected chi connectivity index (χ3v) is 10.8. The predicted molar refractivity (Wildman–Crippen MR) is 220 cm³/mol. The maximum atomic E-state index is 6.60. The molecule has 1 aliphatic heterocycles. The van der Waals surface area contributed by atoms with Crippen LogP contribution < -0.4 is 0 Å². The Morgan fingerprint density at radius 2 is 1.23 bits per heavy atom. The lowest BCUT2D eigenvalue weighted by Gasteiger charge is -2.32. The van der Waals surface area contributed by atoms with Crippen molar-refractivity contribution in [2.75, 3.05) is 7.05 Å². The minimum absolute atomic E-state index is 0.216. The van der Waals surface area contributed by atoms with E-state index in [2.05, 4.69) is 162 Å². The third kappa shape index (κ3) is 4.57. The first kappa shape index (κ1) is 29.7. The first-order valence-corrected chi connectivity index (χ1v) is 18.0. The summed E-state index contributed by atoms with van der Waals surface area (Å²) in [5.41, 5.74) is 8.25. The molecule has 0 N–H and O–H groups in total. The fourth-order valence-corrected chi connectivity index (χ4v) is 8.30. The summed E-state index contributed by atoms with van der Waals surface area (Å²) in [5, 5.41) is 9.63. The van der Waals surface area contributed by atoms with Gasteiger partial charge in [-0.1, -0.05) is 133 Å². The van der Waals surface area contributed by atoms with Crippen LogP contribution in [0.1, 0.15) is 22.9 Å². The Kier molecular flexibility index (Phi) is 6.46. The van der Waals surface area contributed by atoms with Crippen molar-refractivity contribution in [1.82, 2.24) is 9.47 Å². The molecule has 1 aliphatic rings. The average molecular weight is 681 g/mol. The second-order valence-corrected chi connectivity index (χ2v) is 13.8. The second kappa shape index (κ2) is 11.5. The van der Waals surface area contributed by atoms with E-state index in [1.807, 2.05) is 24.3 Å². The van der Waals surface area contributed by atoms with Gasteiger partial charge in [0.15, 0.2) is 5.84 Å². The Balaban J connectivity index is 1.09. The zero-order valence-corrected chi connectivity index (χ0v) is 28.9. The smallest absolute Gasteiger partial charge is 0.159 e. The first-order valence-electron chi connectivity index (χ1n) is 18.0. The molecule has 1 atom stereocenters. The van der Waals surface area contributed by atoms with Crippen LogP contribution in [0.4, 0.5) is 0 Å². The van der Waals surface area contributed by atoms with Crippen LogP contribution in [0.3, 0.4) is 0 Å². The zero-order chi connectivity index (χ0) is 35.0. The molecule has 0 saturated carbocycles. The highest BCUT2D eigenvalue weighted by Gasteiger charge is 2.27. The van der Waals surface area contributed by atoms with Gasteiger partial charge in [-0.05, 0) is 58.1 Å². The number of aliphatic imine (C=N–C) groups is 2. The number of fused-ring (bicyclic) bond motifs is 10. The molecule has 53 heavy (non-hydrogen) atoms. The van der Waals surface area contributed by atoms with Crippen LogP contribution in [-0.4, -0.2) is 28.2 Å². The lowest BCUT2D eigenvalue weighted by molar-refractivity contribution is 0.383. The Bertz CT molecular complexity index is 3130. The van der Waals surface area contributed by atoms with E-state index in [4.69, 9.17) is 14.4 Å². The van der Waals surface area contributed by atoms with Gasteiger partial charge in [0.25, 0.3) is 0 Å². The summed E-state index contributed by atoms with van der Waals surface area (Å²) in [6.07, 6.45) is -0.216. The lowest BCUT2D eigenvalue weighted by Crippen LogP contribution is -2.35. The van der Waals surface area contributed by atoms with Crippen molar-refractivity contribution in [2.24, 2.45) is 9.98 Å². The summed E-state index contributed by atoms with van der Waals surface area (Å²) in [6, 6.07) is 60.1. The summed E-state index contributed by atoms with van der Waals surface area (Å²) in [7, 11) is 2.06. The molecular formula is C48H32N4O. The molecule has 0 bridgehead atoms. The van der Waals surface area contributed by atoms with Gasteiger partial charge in [0, 0.05) is 50.8 Å². The highest BCUT2D eigenvalue weighted by atomic mass is 16.3. The summed E-state index contributed by atoms with van der Waals surface area (Å²) >= 11 is 0. The van der Waals surface area contributed by atoms with Gasteiger partial charge in [0.2, 0.25) is 0 Å². The van der Waals surface area contributed by atoms with Crippen LogP contribution in [0.5, 0.6) is 0 Å². The van der Waals surface area contributed by atoms with E-state index in [1.165, 1.54) is 43.4 Å². The van der Waals surface area contributed by atoms with E-state index < -0.39 is 0 Å². The molecule has 0 amide bonds. The zero-order valence-electron chi connectivity index (χ0n) is 28.9. The monoisotopic (exact) mass is 680 g/mol. The molecule has 1 unspecified atom stereocenters. The topological polar surface area (TPSA) is 46.0 Å². The van der Waals surface area contributed by atoms with E-state index in [1.54, 1.807) is 0 Å². The number of aromatic nitrogens is 1. The quantitative estimate of drug-likeness (QED) is 0.186. The number of nitrogens with zero attached hydrogens (tertiary/aromatic N) is 4. The van der Waals surface area contributed by atoms with Crippen molar-refractivity contribution >= 4 is 77.0 Å². The summed E-state index contributed by atoms with van der Waals surface area (Å²) in [6.45, 7) is 0. The molecule has 5 heteroatoms. The first-order chi connectivity index (χ1) is 26.2. The molecule has 2 aromatic heterocycles. The van der Waals surface area contributed by atoms with Gasteiger partial charge in [-0.3, -0.25) is 0 Å². The highest BCUT2D eigenvalue weighted by Crippen LogP contribution is 2.41. The van der Waals surface area contributed by atoms with Crippen LogP contribution >= 0.6 is 0 Å². The van der Waals surface area contributed by atoms with Gasteiger partial charge in [-0.15, -0.1) is 0 Å². The molecule has 0 fully saturated rings. The molecule has 11 rings (SSSR count). The number of hydrogen-bond acceptors (Lipinski definition) is 4. The van der Waals surface area contributed by atoms with Crippen LogP contribution in [0, 0.1) is 0 Å². The van der Waals surface area contributed by atoms with E-state index in [0.717, 1.165) is 50.2 Å². The molecular weight excluding hydrogens is 649 g/mol. The van der Waals surface area contributed by atoms with Gasteiger partial charge < -0.3 is 13.9 Å². The normalized spacial score (nSPS) is 14.9. The van der Waals surface area contributed by atoms with E-state index in [0.29, 0.717) is 5.84 Å². The van der Waals surface area contributed by atoms with E-state index in [9.17, 15) is 0 Å². The molecule has 0 saturated heterocycles. The molecule has 0 radical (unpaired) electrons. The number of rotatable bonds is 4. The lowest BCUT2D eigenvalue weighted by atomic mass is 10.0. The number of amidine groups is 2. The predicted octanol–water partition coefficient (Wildman–Crippen LogP) is 11.8. The summed E-state index contributed by atoms with van der Waals surface area (Å²) in [5.74, 6) is 1.56. The van der Waals surface area contributed by atoms with Gasteiger partial charge in [0.1, 0.15) is 23.2 Å². The molecule has 5 nitrogen and oxygen atoms in total. The van der Waals surface area contributed by atoms with Crippen molar-refractivity contribution in [3.63, 3.8) is 0 Å². The Morgan fingerprint density at radius 1 is 0.528 bits per heavy atom. The van der Waals surface area contributed by atoms with E-state index >= 15 is 0 Å². The van der Waals surface area contributed by atoms with Crippen molar-refractivity contribution in [3.05, 3.63) is 187 Å². The minimum Gasteiger partial charge on any atom is -0.456 e. The molecule has 0 spiro atoms. The van der Waals surface area contributed by atoms with Gasteiger partial charge >= 0.3 is 0 Å². The fourth-order valence-electron chi connectivity index (χ4n) is 8.30. The van der Waals surface area contributed by atoms with Crippen LogP contribution in [-0.2, 0) is 0 Å².